The first-order chi connectivity index (χ1) is 14.5. The van der Waals surface area contributed by atoms with Gasteiger partial charge in [-0.15, -0.1) is 11.3 Å². The van der Waals surface area contributed by atoms with Crippen LogP contribution in [-0.4, -0.2) is 21.8 Å². The maximum absolute atomic E-state index is 12.7. The zero-order valence-electron chi connectivity index (χ0n) is 15.7. The highest BCUT2D eigenvalue weighted by molar-refractivity contribution is 9.10. The lowest BCUT2D eigenvalue weighted by molar-refractivity contribution is 0.101. The molecule has 7 nitrogen and oxygen atoms in total. The molecule has 3 aromatic heterocycles. The molecule has 1 aromatic carbocycles. The summed E-state index contributed by atoms with van der Waals surface area (Å²) in [4.78, 5) is 34.4. The van der Waals surface area contributed by atoms with Crippen LogP contribution in [0.4, 0.5) is 11.5 Å². The first-order valence-electron chi connectivity index (χ1n) is 8.85. The third-order valence-corrected chi connectivity index (χ3v) is 5.42. The predicted octanol–water partition coefficient (Wildman–Crippen LogP) is 5.37. The molecule has 0 saturated heterocycles. The Labute approximate surface area is 184 Å². The van der Waals surface area contributed by atoms with Gasteiger partial charge in [0.25, 0.3) is 11.8 Å². The summed E-state index contributed by atoms with van der Waals surface area (Å²) < 4.78 is 6.43. The van der Waals surface area contributed by atoms with Crippen LogP contribution in [0.1, 0.15) is 26.6 Å². The van der Waals surface area contributed by atoms with Crippen molar-refractivity contribution in [1.82, 2.24) is 9.97 Å². The number of hydrogen-bond acceptors (Lipinski definition) is 6. The number of pyridine rings is 1. The minimum Gasteiger partial charge on any atom is -0.440 e. The molecule has 0 aliphatic carbocycles. The van der Waals surface area contributed by atoms with Crippen molar-refractivity contribution in [1.29, 1.82) is 0 Å². The Kier molecular flexibility index (Phi) is 5.73. The second kappa shape index (κ2) is 8.60. The van der Waals surface area contributed by atoms with Crippen molar-refractivity contribution in [2.75, 3.05) is 10.6 Å². The topological polar surface area (TPSA) is 97.1 Å². The first kappa shape index (κ1) is 20.0. The van der Waals surface area contributed by atoms with Gasteiger partial charge in [0.15, 0.2) is 5.69 Å². The maximum atomic E-state index is 12.7. The number of thiophene rings is 1. The van der Waals surface area contributed by atoms with E-state index in [1.165, 1.54) is 11.3 Å². The molecule has 2 N–H and O–H groups in total. The molecule has 9 heteroatoms. The average Bonchev–Trinajstić information content (AvgIpc) is 3.39. The summed E-state index contributed by atoms with van der Waals surface area (Å²) in [6, 6.07) is 13.9. The van der Waals surface area contributed by atoms with Crippen molar-refractivity contribution in [3.63, 3.8) is 0 Å². The minimum absolute atomic E-state index is 0.201. The van der Waals surface area contributed by atoms with Gasteiger partial charge in [0.2, 0.25) is 5.89 Å². The van der Waals surface area contributed by atoms with Crippen LogP contribution < -0.4 is 10.6 Å². The smallest absolute Gasteiger partial charge is 0.277 e. The molecular weight excluding hydrogens is 468 g/mol. The molecule has 150 valence electrons. The predicted molar refractivity (Wildman–Crippen MR) is 119 cm³/mol. The Morgan fingerprint density at radius 3 is 2.67 bits per heavy atom. The van der Waals surface area contributed by atoms with Crippen molar-refractivity contribution in [3.8, 4) is 10.8 Å². The van der Waals surface area contributed by atoms with Crippen molar-refractivity contribution >= 4 is 50.6 Å². The Morgan fingerprint density at radius 1 is 1.07 bits per heavy atom. The van der Waals surface area contributed by atoms with E-state index in [1.54, 1.807) is 49.5 Å². The van der Waals surface area contributed by atoms with E-state index in [1.807, 2.05) is 17.5 Å². The van der Waals surface area contributed by atoms with E-state index in [4.69, 9.17) is 4.42 Å². The SMILES string of the molecule is Cc1oc(-c2cccs2)nc1C(=O)Nc1cccc(C(=O)Nc2ccc(Br)cn2)c1. The Morgan fingerprint density at radius 2 is 1.93 bits per heavy atom. The Hall–Kier alpha value is -3.30. The molecule has 0 bridgehead atoms. The van der Waals surface area contributed by atoms with Crippen molar-refractivity contribution < 1.29 is 14.0 Å². The van der Waals surface area contributed by atoms with Gasteiger partial charge in [-0.05, 0) is 64.6 Å². The van der Waals surface area contributed by atoms with Crippen molar-refractivity contribution in [2.24, 2.45) is 0 Å². The highest BCUT2D eigenvalue weighted by atomic mass is 79.9. The largest absolute Gasteiger partial charge is 0.440 e. The fraction of sp³-hybridized carbons (Fsp3) is 0.0476. The number of aromatic nitrogens is 2. The summed E-state index contributed by atoms with van der Waals surface area (Å²) in [5.41, 5.74) is 1.05. The zero-order valence-corrected chi connectivity index (χ0v) is 18.1. The summed E-state index contributed by atoms with van der Waals surface area (Å²) >= 11 is 4.78. The Bertz CT molecular complexity index is 1200. The van der Waals surface area contributed by atoms with Gasteiger partial charge >= 0.3 is 0 Å². The summed E-state index contributed by atoms with van der Waals surface area (Å²) in [7, 11) is 0. The van der Waals surface area contributed by atoms with E-state index in [-0.39, 0.29) is 11.6 Å². The number of aryl methyl sites for hydroxylation is 1. The number of nitrogens with zero attached hydrogens (tertiary/aromatic N) is 2. The summed E-state index contributed by atoms with van der Waals surface area (Å²) in [5, 5.41) is 7.39. The monoisotopic (exact) mass is 482 g/mol. The molecule has 0 aliphatic heterocycles. The van der Waals surface area contributed by atoms with Gasteiger partial charge in [0.1, 0.15) is 11.6 Å². The molecule has 0 fully saturated rings. The number of amides is 2. The van der Waals surface area contributed by atoms with Crippen LogP contribution in [0, 0.1) is 6.92 Å². The molecule has 0 unspecified atom stereocenters. The number of halogens is 1. The molecule has 4 rings (SSSR count). The van der Waals surface area contributed by atoms with E-state index >= 15 is 0 Å². The number of benzene rings is 1. The minimum atomic E-state index is -0.411. The number of carbonyl (C=O) groups is 2. The van der Waals surface area contributed by atoms with Crippen LogP contribution >= 0.6 is 27.3 Å². The van der Waals surface area contributed by atoms with Gasteiger partial charge in [-0.3, -0.25) is 9.59 Å². The second-order valence-electron chi connectivity index (χ2n) is 6.25. The van der Waals surface area contributed by atoms with Gasteiger partial charge in [-0.25, -0.2) is 9.97 Å². The highest BCUT2D eigenvalue weighted by Crippen LogP contribution is 2.26. The molecule has 0 saturated carbocycles. The summed E-state index contributed by atoms with van der Waals surface area (Å²) in [6.45, 7) is 1.69. The molecular formula is C21H15BrN4O3S. The molecule has 0 spiro atoms. The van der Waals surface area contributed by atoms with E-state index in [2.05, 4.69) is 36.5 Å². The quantitative estimate of drug-likeness (QED) is 0.398. The molecule has 0 aliphatic rings. The third kappa shape index (κ3) is 4.47. The maximum Gasteiger partial charge on any atom is 0.277 e. The van der Waals surface area contributed by atoms with E-state index in [9.17, 15) is 9.59 Å². The molecule has 2 amide bonds. The van der Waals surface area contributed by atoms with Crippen LogP contribution in [0.5, 0.6) is 0 Å². The van der Waals surface area contributed by atoms with Crippen LogP contribution in [0.25, 0.3) is 10.8 Å². The van der Waals surface area contributed by atoms with Crippen LogP contribution in [0.3, 0.4) is 0 Å². The summed E-state index contributed by atoms with van der Waals surface area (Å²) in [6.07, 6.45) is 1.59. The van der Waals surface area contributed by atoms with Crippen LogP contribution in [-0.2, 0) is 0 Å². The number of nitrogens with one attached hydrogen (secondary N) is 2. The normalized spacial score (nSPS) is 10.6. The number of anilines is 2. The molecule has 3 heterocycles. The summed E-state index contributed by atoms with van der Waals surface area (Å²) in [5.74, 6) is 0.510. The first-order valence-corrected chi connectivity index (χ1v) is 10.5. The fourth-order valence-electron chi connectivity index (χ4n) is 2.68. The van der Waals surface area contributed by atoms with Gasteiger partial charge < -0.3 is 15.1 Å². The lowest BCUT2D eigenvalue weighted by atomic mass is 10.2. The highest BCUT2D eigenvalue weighted by Gasteiger charge is 2.19. The van der Waals surface area contributed by atoms with Gasteiger partial charge in [0.05, 0.1) is 4.88 Å². The molecule has 0 radical (unpaired) electrons. The molecule has 30 heavy (non-hydrogen) atoms. The number of hydrogen-bond donors (Lipinski definition) is 2. The lowest BCUT2D eigenvalue weighted by Gasteiger charge is -2.07. The Balaban J connectivity index is 1.48. The lowest BCUT2D eigenvalue weighted by Crippen LogP contribution is -2.16. The number of oxazole rings is 1. The van der Waals surface area contributed by atoms with Gasteiger partial charge in [0, 0.05) is 21.9 Å². The number of rotatable bonds is 5. The van der Waals surface area contributed by atoms with E-state index < -0.39 is 5.91 Å². The van der Waals surface area contributed by atoms with Crippen molar-refractivity contribution in [2.45, 2.75) is 6.92 Å². The van der Waals surface area contributed by atoms with Gasteiger partial charge in [-0.2, -0.15) is 0 Å². The van der Waals surface area contributed by atoms with Crippen molar-refractivity contribution in [3.05, 3.63) is 81.6 Å². The standard InChI is InChI=1S/C21H15BrN4O3S/c1-12-18(26-21(29-12)16-6-3-9-30-16)20(28)24-15-5-2-4-13(10-15)19(27)25-17-8-7-14(22)11-23-17/h2-11H,1H3,(H,24,28)(H,23,25,27). The van der Waals surface area contributed by atoms with E-state index in [0.29, 0.717) is 28.7 Å². The zero-order chi connectivity index (χ0) is 21.1. The average molecular weight is 483 g/mol. The fourth-order valence-corrected chi connectivity index (χ4v) is 3.56. The molecule has 0 atom stereocenters. The van der Waals surface area contributed by atoms with E-state index in [0.717, 1.165) is 9.35 Å². The van der Waals surface area contributed by atoms with Crippen LogP contribution in [0.2, 0.25) is 0 Å². The second-order valence-corrected chi connectivity index (χ2v) is 8.12. The number of carbonyl (C=O) groups excluding carboxylic acids is 2. The molecule has 4 aromatic rings. The van der Waals surface area contributed by atoms with Crippen LogP contribution in [0.15, 0.2) is 69.0 Å². The third-order valence-electron chi connectivity index (χ3n) is 4.10. The van der Waals surface area contributed by atoms with Gasteiger partial charge in [-0.1, -0.05) is 12.1 Å².